The van der Waals surface area contributed by atoms with E-state index in [4.69, 9.17) is 0 Å². The van der Waals surface area contributed by atoms with Crippen molar-refractivity contribution in [2.24, 2.45) is 9.98 Å². The highest BCUT2D eigenvalue weighted by Gasteiger charge is 2.30. The summed E-state index contributed by atoms with van der Waals surface area (Å²) in [6.07, 6.45) is -0.612. The normalized spacial score (nSPS) is 13.0. The monoisotopic (exact) mass is 570 g/mol. The Hall–Kier alpha value is -5.31. The van der Waals surface area contributed by atoms with E-state index in [2.05, 4.69) is 22.1 Å². The zero-order valence-electron chi connectivity index (χ0n) is 21.9. The van der Waals surface area contributed by atoms with Gasteiger partial charge in [-0.05, 0) is 64.2 Å². The second-order valence-corrected chi connectivity index (χ2v) is 11.1. The van der Waals surface area contributed by atoms with Crippen LogP contribution in [0.5, 0.6) is 0 Å². The summed E-state index contributed by atoms with van der Waals surface area (Å²) in [7, 11) is 0. The Kier molecular flexibility index (Phi) is 5.72. The molecule has 0 atom stereocenters. The van der Waals surface area contributed by atoms with Crippen molar-refractivity contribution in [3.8, 4) is 34.6 Å². The fourth-order valence-electron chi connectivity index (χ4n) is 5.82. The van der Waals surface area contributed by atoms with Crippen molar-refractivity contribution in [3.05, 3.63) is 107 Å². The quantitative estimate of drug-likeness (QED) is 0.195. The molecule has 0 aliphatic carbocycles. The molecule has 0 unspecified atom stereocenters. The lowest BCUT2D eigenvalue weighted by atomic mass is 9.99. The van der Waals surface area contributed by atoms with E-state index in [1.807, 2.05) is 55.7 Å². The third-order valence-electron chi connectivity index (χ3n) is 7.62. The Bertz CT molecular complexity index is 2440. The summed E-state index contributed by atoms with van der Waals surface area (Å²) in [5.41, 5.74) is 3.49. The third-order valence-corrected chi connectivity index (χ3v) is 8.83. The number of nitrogens with zero attached hydrogens (tertiary/aromatic N) is 4. The first kappa shape index (κ1) is 25.6. The number of nitriles is 2. The van der Waals surface area contributed by atoms with E-state index in [1.165, 1.54) is 17.4 Å². The number of fused-ring (bicyclic) bond motifs is 7. The molecule has 1 aromatic heterocycles. The molecule has 0 fully saturated rings. The molecule has 1 heterocycles. The second kappa shape index (κ2) is 9.37. The largest absolute Gasteiger partial charge is 0.416 e. The first-order valence-corrected chi connectivity index (χ1v) is 13.8. The molecular formula is C34H17F3N4S. The summed E-state index contributed by atoms with van der Waals surface area (Å²) in [5, 5.41) is 25.3. The van der Waals surface area contributed by atoms with E-state index in [0.717, 1.165) is 65.2 Å². The predicted molar refractivity (Wildman–Crippen MR) is 160 cm³/mol. The molecule has 0 aliphatic heterocycles. The number of rotatable bonds is 2. The topological polar surface area (TPSA) is 72.3 Å². The molecule has 0 N–H and O–H groups in total. The van der Waals surface area contributed by atoms with Gasteiger partial charge < -0.3 is 0 Å². The van der Waals surface area contributed by atoms with Gasteiger partial charge in [0.1, 0.15) is 10.7 Å². The van der Waals surface area contributed by atoms with Gasteiger partial charge in [-0.1, -0.05) is 66.2 Å². The number of aryl methyl sites for hydroxylation is 1. The lowest BCUT2D eigenvalue weighted by molar-refractivity contribution is -0.137. The maximum Gasteiger partial charge on any atom is 0.416 e. The minimum atomic E-state index is -4.46. The number of hydrogen-bond acceptors (Lipinski definition) is 5. The zero-order valence-corrected chi connectivity index (χ0v) is 22.7. The summed E-state index contributed by atoms with van der Waals surface area (Å²) in [6.45, 7) is 2.04. The Morgan fingerprint density at radius 1 is 0.619 bits per heavy atom. The van der Waals surface area contributed by atoms with Crippen LogP contribution in [-0.2, 0) is 6.18 Å². The molecule has 6 aromatic carbocycles. The van der Waals surface area contributed by atoms with Gasteiger partial charge in [-0.15, -0.1) is 11.3 Å². The standard InChI is InChI=1S/C34H17F3N4S/c1-18-4-2-5-19(12-18)21-8-10-24-26(14-21)30(40-16-38)32-28(24)29-25-11-9-22(15-27(25)31(41-17-39)33(29)42-32)20-6-3-7-23(13-20)34(35,36)37/h2-15H,1H3. The predicted octanol–water partition coefficient (Wildman–Crippen LogP) is 8.66. The van der Waals surface area contributed by atoms with Crippen molar-refractivity contribution >= 4 is 53.1 Å². The fourth-order valence-corrected chi connectivity index (χ4v) is 7.16. The average molecular weight is 571 g/mol. The smallest absolute Gasteiger partial charge is 0.172 e. The molecule has 0 spiro atoms. The van der Waals surface area contributed by atoms with Gasteiger partial charge in [0, 0.05) is 21.5 Å². The summed E-state index contributed by atoms with van der Waals surface area (Å²) < 4.78 is 41.8. The van der Waals surface area contributed by atoms with Crippen LogP contribution in [0.2, 0.25) is 0 Å². The van der Waals surface area contributed by atoms with E-state index in [-0.39, 0.29) is 0 Å². The maximum atomic E-state index is 13.4. The van der Waals surface area contributed by atoms with Crippen LogP contribution in [0, 0.1) is 29.8 Å². The summed E-state index contributed by atoms with van der Waals surface area (Å²) in [5.74, 6) is 0. The van der Waals surface area contributed by atoms with Crippen molar-refractivity contribution < 1.29 is 13.2 Å². The van der Waals surface area contributed by atoms with Crippen LogP contribution >= 0.6 is 11.3 Å². The molecule has 0 aliphatic rings. The minimum Gasteiger partial charge on any atom is -0.172 e. The summed E-state index contributed by atoms with van der Waals surface area (Å²) in [4.78, 5) is 8.36. The van der Waals surface area contributed by atoms with Crippen molar-refractivity contribution in [1.82, 2.24) is 0 Å². The van der Waals surface area contributed by atoms with Crippen LogP contribution in [0.3, 0.4) is 0 Å². The molecule has 7 aromatic rings. The van der Waals surface area contributed by atoms with Gasteiger partial charge in [0.2, 0.25) is 12.4 Å². The molecule has 7 rings (SSSR count). The van der Waals surface area contributed by atoms with E-state index in [9.17, 15) is 23.7 Å². The van der Waals surface area contributed by atoms with Crippen LogP contribution in [0.4, 0.5) is 13.2 Å². The molecule has 0 saturated carbocycles. The molecule has 0 saturated heterocycles. The van der Waals surface area contributed by atoms with E-state index in [0.29, 0.717) is 27.2 Å². The molecule has 0 amide bonds. The number of alkyl halides is 3. The van der Waals surface area contributed by atoms with E-state index >= 15 is 0 Å². The maximum absolute atomic E-state index is 13.4. The van der Waals surface area contributed by atoms with E-state index < -0.39 is 11.7 Å². The number of thiophene rings is 1. The molecule has 42 heavy (non-hydrogen) atoms. The van der Waals surface area contributed by atoms with Gasteiger partial charge in [0.15, 0.2) is 0 Å². The first-order valence-electron chi connectivity index (χ1n) is 12.9. The molecule has 8 heteroatoms. The van der Waals surface area contributed by atoms with Gasteiger partial charge in [-0.25, -0.2) is 0 Å². The van der Waals surface area contributed by atoms with Gasteiger partial charge in [-0.3, -0.25) is 0 Å². The van der Waals surface area contributed by atoms with Crippen LogP contribution in [-0.4, -0.2) is 0 Å². The first-order chi connectivity index (χ1) is 20.3. The van der Waals surface area contributed by atoms with Crippen molar-refractivity contribution in [3.63, 3.8) is 0 Å². The van der Waals surface area contributed by atoms with E-state index in [1.54, 1.807) is 18.2 Å². The molecule has 0 bridgehead atoms. The number of benzene rings is 4. The van der Waals surface area contributed by atoms with Crippen LogP contribution < -0.4 is 10.7 Å². The highest BCUT2D eigenvalue weighted by atomic mass is 32.1. The minimum absolute atomic E-state index is 0.418. The second-order valence-electron chi connectivity index (χ2n) is 10.1. The Labute approximate surface area is 240 Å². The third kappa shape index (κ3) is 3.88. The highest BCUT2D eigenvalue weighted by Crippen LogP contribution is 2.43. The molecule has 4 nitrogen and oxygen atoms in total. The Morgan fingerprint density at radius 2 is 1.12 bits per heavy atom. The molecule has 200 valence electrons. The van der Waals surface area contributed by atoms with Crippen LogP contribution in [0.15, 0.2) is 94.9 Å². The SMILES string of the molecule is Cc1cccc(-c2ccc3c(c2)c(=NC#N)c2sc4c(=NC#N)c5cc(-c6cccc(C(F)(F)F)c6)ccc5c4c23)c1. The number of hydrogen-bond donors (Lipinski definition) is 0. The molecular weight excluding hydrogens is 553 g/mol. The zero-order chi connectivity index (χ0) is 29.2. The number of halogens is 3. The van der Waals surface area contributed by atoms with Gasteiger partial charge in [0.25, 0.3) is 0 Å². The highest BCUT2D eigenvalue weighted by molar-refractivity contribution is 7.26. The molecule has 0 radical (unpaired) electrons. The fraction of sp³-hybridized carbons (Fsp3) is 0.0588. The lowest BCUT2D eigenvalue weighted by Crippen LogP contribution is -2.04. The Morgan fingerprint density at radius 3 is 1.62 bits per heavy atom. The summed E-state index contributed by atoms with van der Waals surface area (Å²) in [6, 6.07) is 25.0. The van der Waals surface area contributed by atoms with Gasteiger partial charge in [-0.2, -0.15) is 33.7 Å². The van der Waals surface area contributed by atoms with Crippen molar-refractivity contribution in [2.75, 3.05) is 0 Å². The van der Waals surface area contributed by atoms with Crippen LogP contribution in [0.1, 0.15) is 11.1 Å². The van der Waals surface area contributed by atoms with Gasteiger partial charge in [0.05, 0.1) is 15.0 Å². The Balaban J connectivity index is 1.54. The lowest BCUT2D eigenvalue weighted by Gasteiger charge is -2.09. The summed E-state index contributed by atoms with van der Waals surface area (Å²) >= 11 is 1.42. The van der Waals surface area contributed by atoms with Crippen molar-refractivity contribution in [2.45, 2.75) is 13.1 Å². The average Bonchev–Trinajstić information content (AvgIpc) is 3.60. The van der Waals surface area contributed by atoms with Crippen LogP contribution in [0.25, 0.3) is 64.0 Å². The van der Waals surface area contributed by atoms with Crippen molar-refractivity contribution in [1.29, 1.82) is 10.5 Å². The van der Waals surface area contributed by atoms with Gasteiger partial charge >= 0.3 is 6.18 Å².